The number of benzene rings is 1. The van der Waals surface area contributed by atoms with E-state index in [1.807, 2.05) is 12.1 Å². The average molecular weight is 265 g/mol. The molecule has 0 radical (unpaired) electrons. The van der Waals surface area contributed by atoms with Crippen molar-refractivity contribution in [3.63, 3.8) is 0 Å². The lowest BCUT2D eigenvalue weighted by molar-refractivity contribution is 0.244. The number of nitrogens with two attached hydrogens (primary N) is 1. The molecule has 0 aliphatic rings. The summed E-state index contributed by atoms with van der Waals surface area (Å²) in [7, 11) is 1.68. The molecule has 1 aromatic carbocycles. The van der Waals surface area contributed by atoms with Crippen molar-refractivity contribution in [1.29, 1.82) is 0 Å². The van der Waals surface area contributed by atoms with Crippen molar-refractivity contribution in [1.82, 2.24) is 0 Å². The number of hydrogen-bond donors (Lipinski definition) is 1. The van der Waals surface area contributed by atoms with Gasteiger partial charge in [0, 0.05) is 6.04 Å². The highest BCUT2D eigenvalue weighted by Gasteiger charge is 2.09. The summed E-state index contributed by atoms with van der Waals surface area (Å²) in [4.78, 5) is 0. The van der Waals surface area contributed by atoms with E-state index in [0.29, 0.717) is 5.92 Å². The lowest BCUT2D eigenvalue weighted by Crippen LogP contribution is -2.21. The Kier molecular flexibility index (Phi) is 6.71. The molecule has 0 bridgehead atoms. The molecule has 3 nitrogen and oxygen atoms in total. The van der Waals surface area contributed by atoms with Crippen LogP contribution in [0.2, 0.25) is 0 Å². The topological polar surface area (TPSA) is 44.5 Å². The molecule has 108 valence electrons. The summed E-state index contributed by atoms with van der Waals surface area (Å²) in [5.41, 5.74) is 7.18. The van der Waals surface area contributed by atoms with Crippen LogP contribution < -0.4 is 15.2 Å². The van der Waals surface area contributed by atoms with Gasteiger partial charge >= 0.3 is 0 Å². The molecule has 3 heteroatoms. The number of hydrogen-bond acceptors (Lipinski definition) is 3. The summed E-state index contributed by atoms with van der Waals surface area (Å²) in [5, 5.41) is 0. The Morgan fingerprint density at radius 1 is 1.16 bits per heavy atom. The standard InChI is InChI=1S/C16H27NO2/c1-5-12(3)11-19-15-8-7-13(9-14(17)6-2)10-16(15)18-4/h7-8,10,12,14H,5-6,9,11,17H2,1-4H3. The van der Waals surface area contributed by atoms with Gasteiger partial charge < -0.3 is 15.2 Å². The molecule has 0 saturated carbocycles. The zero-order valence-corrected chi connectivity index (χ0v) is 12.6. The zero-order valence-electron chi connectivity index (χ0n) is 12.6. The van der Waals surface area contributed by atoms with Crippen molar-refractivity contribution in [3.05, 3.63) is 23.8 Å². The minimum absolute atomic E-state index is 0.205. The van der Waals surface area contributed by atoms with Gasteiger partial charge in [-0.3, -0.25) is 0 Å². The molecule has 1 rings (SSSR count). The van der Waals surface area contributed by atoms with Gasteiger partial charge in [-0.1, -0.05) is 33.3 Å². The van der Waals surface area contributed by atoms with E-state index >= 15 is 0 Å². The van der Waals surface area contributed by atoms with E-state index < -0.39 is 0 Å². The Morgan fingerprint density at radius 2 is 1.89 bits per heavy atom. The smallest absolute Gasteiger partial charge is 0.161 e. The quantitative estimate of drug-likeness (QED) is 0.783. The van der Waals surface area contributed by atoms with Gasteiger partial charge in [0.2, 0.25) is 0 Å². The molecule has 2 atom stereocenters. The molecule has 0 aliphatic heterocycles. The van der Waals surface area contributed by atoms with Crippen LogP contribution in [-0.2, 0) is 6.42 Å². The number of ether oxygens (including phenoxy) is 2. The average Bonchev–Trinajstić information content (AvgIpc) is 2.44. The van der Waals surface area contributed by atoms with Gasteiger partial charge in [0.1, 0.15) is 0 Å². The lowest BCUT2D eigenvalue weighted by atomic mass is 10.0. The zero-order chi connectivity index (χ0) is 14.3. The third-order valence-electron chi connectivity index (χ3n) is 3.47. The van der Waals surface area contributed by atoms with E-state index in [1.165, 1.54) is 5.56 Å². The molecule has 0 amide bonds. The first-order chi connectivity index (χ1) is 9.10. The Balaban J connectivity index is 2.72. The van der Waals surface area contributed by atoms with E-state index in [9.17, 15) is 0 Å². The summed E-state index contributed by atoms with van der Waals surface area (Å²) >= 11 is 0. The van der Waals surface area contributed by atoms with E-state index in [-0.39, 0.29) is 6.04 Å². The third-order valence-corrected chi connectivity index (χ3v) is 3.47. The Bertz CT molecular complexity index is 379. The SMILES string of the molecule is CCC(C)COc1ccc(CC(N)CC)cc1OC. The minimum Gasteiger partial charge on any atom is -0.493 e. The van der Waals surface area contributed by atoms with Crippen LogP contribution in [0.25, 0.3) is 0 Å². The van der Waals surface area contributed by atoms with E-state index in [4.69, 9.17) is 15.2 Å². The summed E-state index contributed by atoms with van der Waals surface area (Å²) in [6.45, 7) is 7.17. The van der Waals surface area contributed by atoms with Gasteiger partial charge in [-0.2, -0.15) is 0 Å². The molecule has 19 heavy (non-hydrogen) atoms. The molecule has 0 spiro atoms. The molecule has 0 aliphatic carbocycles. The van der Waals surface area contributed by atoms with Crippen LogP contribution in [-0.4, -0.2) is 19.8 Å². The van der Waals surface area contributed by atoms with Crippen molar-refractivity contribution >= 4 is 0 Å². The predicted molar refractivity (Wildman–Crippen MR) is 79.9 cm³/mol. The molecule has 1 aromatic rings. The molecular weight excluding hydrogens is 238 g/mol. The fraction of sp³-hybridized carbons (Fsp3) is 0.625. The van der Waals surface area contributed by atoms with Crippen molar-refractivity contribution in [3.8, 4) is 11.5 Å². The highest BCUT2D eigenvalue weighted by Crippen LogP contribution is 2.29. The molecule has 0 fully saturated rings. The van der Waals surface area contributed by atoms with Crippen LogP contribution in [0.5, 0.6) is 11.5 Å². The van der Waals surface area contributed by atoms with Crippen LogP contribution in [0.4, 0.5) is 0 Å². The van der Waals surface area contributed by atoms with Crippen molar-refractivity contribution in [2.24, 2.45) is 11.7 Å². The Morgan fingerprint density at radius 3 is 2.47 bits per heavy atom. The Hall–Kier alpha value is -1.22. The van der Waals surface area contributed by atoms with Crippen molar-refractivity contribution < 1.29 is 9.47 Å². The van der Waals surface area contributed by atoms with Gasteiger partial charge in [0.25, 0.3) is 0 Å². The fourth-order valence-electron chi connectivity index (χ4n) is 1.76. The van der Waals surface area contributed by atoms with Gasteiger partial charge in [-0.15, -0.1) is 0 Å². The first-order valence-corrected chi connectivity index (χ1v) is 7.15. The first kappa shape index (κ1) is 15.8. The highest BCUT2D eigenvalue weighted by atomic mass is 16.5. The van der Waals surface area contributed by atoms with Crippen molar-refractivity contribution in [2.45, 2.75) is 46.1 Å². The van der Waals surface area contributed by atoms with Crippen LogP contribution in [0.3, 0.4) is 0 Å². The minimum atomic E-state index is 0.205. The van der Waals surface area contributed by atoms with Crippen LogP contribution in [0, 0.1) is 5.92 Å². The molecule has 2 N–H and O–H groups in total. The maximum atomic E-state index is 5.98. The number of methoxy groups -OCH3 is 1. The van der Waals surface area contributed by atoms with Gasteiger partial charge in [0.05, 0.1) is 13.7 Å². The lowest BCUT2D eigenvalue weighted by Gasteiger charge is -2.15. The van der Waals surface area contributed by atoms with Crippen LogP contribution in [0.1, 0.15) is 39.2 Å². The van der Waals surface area contributed by atoms with Gasteiger partial charge in [-0.05, 0) is 36.5 Å². The Labute approximate surface area is 117 Å². The van der Waals surface area contributed by atoms with Gasteiger partial charge in [-0.25, -0.2) is 0 Å². The van der Waals surface area contributed by atoms with Gasteiger partial charge in [0.15, 0.2) is 11.5 Å². The molecule has 0 heterocycles. The second kappa shape index (κ2) is 8.05. The maximum absolute atomic E-state index is 5.98. The largest absolute Gasteiger partial charge is 0.493 e. The molecule has 0 saturated heterocycles. The first-order valence-electron chi connectivity index (χ1n) is 7.15. The summed E-state index contributed by atoms with van der Waals surface area (Å²) < 4.78 is 11.2. The normalized spacial score (nSPS) is 13.9. The van der Waals surface area contributed by atoms with E-state index in [1.54, 1.807) is 7.11 Å². The fourth-order valence-corrected chi connectivity index (χ4v) is 1.76. The number of rotatable bonds is 8. The summed E-state index contributed by atoms with van der Waals surface area (Å²) in [6, 6.07) is 6.29. The summed E-state index contributed by atoms with van der Waals surface area (Å²) in [5.74, 6) is 2.17. The maximum Gasteiger partial charge on any atom is 0.161 e. The predicted octanol–water partition coefficient (Wildman–Crippen LogP) is 3.40. The monoisotopic (exact) mass is 265 g/mol. The molecule has 0 aromatic heterocycles. The van der Waals surface area contributed by atoms with E-state index in [2.05, 4.69) is 26.8 Å². The van der Waals surface area contributed by atoms with Crippen LogP contribution >= 0.6 is 0 Å². The second-order valence-corrected chi connectivity index (χ2v) is 5.18. The molecular formula is C16H27NO2. The third kappa shape index (κ3) is 5.11. The van der Waals surface area contributed by atoms with Crippen molar-refractivity contribution in [2.75, 3.05) is 13.7 Å². The summed E-state index contributed by atoms with van der Waals surface area (Å²) in [6.07, 6.45) is 2.97. The van der Waals surface area contributed by atoms with Crippen LogP contribution in [0.15, 0.2) is 18.2 Å². The second-order valence-electron chi connectivity index (χ2n) is 5.18. The highest BCUT2D eigenvalue weighted by molar-refractivity contribution is 5.43. The van der Waals surface area contributed by atoms with E-state index in [0.717, 1.165) is 37.4 Å². The molecule has 2 unspecified atom stereocenters.